The van der Waals surface area contributed by atoms with E-state index in [0.717, 1.165) is 0 Å². The van der Waals surface area contributed by atoms with Gasteiger partial charge in [0.15, 0.2) is 11.6 Å². The molecule has 3 N–H and O–H groups in total. The molecule has 0 aliphatic rings. The third-order valence-corrected chi connectivity index (χ3v) is 3.06. The molecule has 0 radical (unpaired) electrons. The van der Waals surface area contributed by atoms with Crippen LogP contribution in [0.15, 0.2) is 12.1 Å². The summed E-state index contributed by atoms with van der Waals surface area (Å²) in [6, 6.07) is 2.68. The number of ether oxygens (including phenoxy) is 1. The van der Waals surface area contributed by atoms with Gasteiger partial charge in [-0.15, -0.1) is 0 Å². The van der Waals surface area contributed by atoms with Crippen molar-refractivity contribution < 1.29 is 13.5 Å². The van der Waals surface area contributed by atoms with Gasteiger partial charge in [-0.3, -0.25) is 0 Å². The Labute approximate surface area is 117 Å². The Balaban J connectivity index is 3.02. The second kappa shape index (κ2) is 6.77. The van der Waals surface area contributed by atoms with Crippen molar-refractivity contribution in [3.05, 3.63) is 29.3 Å². The molecule has 0 fully saturated rings. The fraction of sp³-hybridized carbons (Fsp3) is 0.462. The lowest BCUT2D eigenvalue weighted by molar-refractivity contribution is 0.171. The smallest absolute Gasteiger partial charge is 0.182 e. The van der Waals surface area contributed by atoms with Crippen LogP contribution in [-0.4, -0.2) is 24.7 Å². The maximum absolute atomic E-state index is 13.9. The molecule has 106 valence electrons. The van der Waals surface area contributed by atoms with E-state index in [4.69, 9.17) is 10.5 Å². The lowest BCUT2D eigenvalue weighted by Gasteiger charge is -2.23. The molecule has 0 saturated heterocycles. The zero-order valence-electron chi connectivity index (χ0n) is 11.2. The van der Waals surface area contributed by atoms with E-state index in [2.05, 4.69) is 17.5 Å². The van der Waals surface area contributed by atoms with Gasteiger partial charge in [-0.05, 0) is 18.1 Å². The minimum absolute atomic E-state index is 0.0771. The van der Waals surface area contributed by atoms with Crippen molar-refractivity contribution >= 4 is 22.9 Å². The van der Waals surface area contributed by atoms with E-state index in [9.17, 15) is 8.78 Å². The van der Waals surface area contributed by atoms with Crippen molar-refractivity contribution in [1.82, 2.24) is 0 Å². The summed E-state index contributed by atoms with van der Waals surface area (Å²) in [4.78, 5) is -0.166. The van der Waals surface area contributed by atoms with E-state index in [1.165, 1.54) is 12.1 Å². The number of anilines is 1. The first-order chi connectivity index (χ1) is 8.88. The molecule has 0 aliphatic carbocycles. The van der Waals surface area contributed by atoms with Crippen molar-refractivity contribution in [1.29, 1.82) is 0 Å². The molecule has 0 aromatic heterocycles. The summed E-state index contributed by atoms with van der Waals surface area (Å²) in [5, 5.41) is 2.93. The molecule has 0 spiro atoms. The van der Waals surface area contributed by atoms with Crippen LogP contribution in [0.1, 0.15) is 19.4 Å². The predicted octanol–water partition coefficient (Wildman–Crippen LogP) is 2.68. The van der Waals surface area contributed by atoms with Crippen molar-refractivity contribution in [2.45, 2.75) is 19.9 Å². The second-order valence-corrected chi connectivity index (χ2v) is 5.04. The number of hydrogen-bond donors (Lipinski definition) is 2. The molecule has 0 heterocycles. The average molecular weight is 288 g/mol. The highest BCUT2D eigenvalue weighted by molar-refractivity contribution is 7.80. The van der Waals surface area contributed by atoms with Gasteiger partial charge in [-0.25, -0.2) is 8.78 Å². The highest BCUT2D eigenvalue weighted by Gasteiger charge is 2.19. The minimum Gasteiger partial charge on any atom is -0.389 e. The third kappa shape index (κ3) is 3.84. The van der Waals surface area contributed by atoms with E-state index < -0.39 is 11.6 Å². The predicted molar refractivity (Wildman–Crippen MR) is 76.4 cm³/mol. The Hall–Kier alpha value is -1.27. The number of rotatable bonds is 6. The number of benzene rings is 1. The summed E-state index contributed by atoms with van der Waals surface area (Å²) >= 11 is 4.65. The monoisotopic (exact) mass is 288 g/mol. The molecule has 0 saturated carbocycles. The number of thiocarbonyl (C=S) groups is 1. The molecule has 1 rings (SSSR count). The van der Waals surface area contributed by atoms with Gasteiger partial charge in [-0.1, -0.05) is 26.1 Å². The zero-order chi connectivity index (χ0) is 14.6. The standard InChI is InChI=1S/C13H18F2N2OS/c1-7(2)10(6-18-3)17-9-5-4-8(13(16)19)11(14)12(9)15/h4-5,7,10,17H,6H2,1-3H3,(H2,16,19). The summed E-state index contributed by atoms with van der Waals surface area (Å²) in [5.74, 6) is -1.80. The molecule has 0 bridgehead atoms. The van der Waals surface area contributed by atoms with E-state index in [1.54, 1.807) is 7.11 Å². The van der Waals surface area contributed by atoms with Crippen LogP contribution in [0.3, 0.4) is 0 Å². The van der Waals surface area contributed by atoms with E-state index >= 15 is 0 Å². The van der Waals surface area contributed by atoms with Gasteiger partial charge >= 0.3 is 0 Å². The van der Waals surface area contributed by atoms with Gasteiger partial charge in [0.1, 0.15) is 4.99 Å². The van der Waals surface area contributed by atoms with Crippen molar-refractivity contribution in [2.75, 3.05) is 19.0 Å². The van der Waals surface area contributed by atoms with Gasteiger partial charge in [0.25, 0.3) is 0 Å². The molecule has 1 atom stereocenters. The maximum atomic E-state index is 13.9. The Morgan fingerprint density at radius 2 is 2.00 bits per heavy atom. The van der Waals surface area contributed by atoms with Crippen molar-refractivity contribution in [3.8, 4) is 0 Å². The van der Waals surface area contributed by atoms with Crippen LogP contribution in [0, 0.1) is 17.6 Å². The largest absolute Gasteiger partial charge is 0.389 e. The summed E-state index contributed by atoms with van der Waals surface area (Å²) in [7, 11) is 1.56. The molecule has 0 aliphatic heterocycles. The quantitative estimate of drug-likeness (QED) is 0.790. The van der Waals surface area contributed by atoms with Gasteiger partial charge < -0.3 is 15.8 Å². The van der Waals surface area contributed by atoms with E-state index in [-0.39, 0.29) is 28.2 Å². The number of halogens is 2. The van der Waals surface area contributed by atoms with Crippen LogP contribution in [-0.2, 0) is 4.74 Å². The summed E-state index contributed by atoms with van der Waals surface area (Å²) in [6.07, 6.45) is 0. The van der Waals surface area contributed by atoms with Gasteiger partial charge in [0, 0.05) is 12.7 Å². The number of hydrogen-bond acceptors (Lipinski definition) is 3. The normalized spacial score (nSPS) is 12.5. The first kappa shape index (κ1) is 15.8. The van der Waals surface area contributed by atoms with Crippen LogP contribution in [0.5, 0.6) is 0 Å². The molecule has 19 heavy (non-hydrogen) atoms. The summed E-state index contributed by atoms with van der Waals surface area (Å²) < 4.78 is 32.7. The summed E-state index contributed by atoms with van der Waals surface area (Å²) in [6.45, 7) is 4.33. The van der Waals surface area contributed by atoms with Crippen LogP contribution >= 0.6 is 12.2 Å². The molecule has 1 unspecified atom stereocenters. The first-order valence-corrected chi connectivity index (χ1v) is 6.32. The molecule has 0 amide bonds. The Morgan fingerprint density at radius 1 is 1.37 bits per heavy atom. The molecule has 6 heteroatoms. The Kier molecular flexibility index (Phi) is 5.62. The molecule has 1 aromatic carbocycles. The summed E-state index contributed by atoms with van der Waals surface area (Å²) in [5.41, 5.74) is 5.30. The van der Waals surface area contributed by atoms with Crippen LogP contribution in [0.2, 0.25) is 0 Å². The van der Waals surface area contributed by atoms with Crippen molar-refractivity contribution in [2.24, 2.45) is 11.7 Å². The van der Waals surface area contributed by atoms with Crippen molar-refractivity contribution in [3.63, 3.8) is 0 Å². The highest BCUT2D eigenvalue weighted by Crippen LogP contribution is 2.22. The SMILES string of the molecule is COCC(Nc1ccc(C(N)=S)c(F)c1F)C(C)C. The van der Waals surface area contributed by atoms with Crippen LogP contribution in [0.4, 0.5) is 14.5 Å². The molecule has 1 aromatic rings. The highest BCUT2D eigenvalue weighted by atomic mass is 32.1. The minimum atomic E-state index is -1.03. The van der Waals surface area contributed by atoms with Gasteiger partial charge in [-0.2, -0.15) is 0 Å². The maximum Gasteiger partial charge on any atom is 0.182 e. The molecule has 3 nitrogen and oxygen atoms in total. The van der Waals surface area contributed by atoms with E-state index in [1.807, 2.05) is 13.8 Å². The van der Waals surface area contributed by atoms with Gasteiger partial charge in [0.05, 0.1) is 18.3 Å². The number of nitrogens with two attached hydrogens (primary N) is 1. The fourth-order valence-corrected chi connectivity index (χ4v) is 1.79. The fourth-order valence-electron chi connectivity index (χ4n) is 1.63. The van der Waals surface area contributed by atoms with Gasteiger partial charge in [0.2, 0.25) is 0 Å². The molecular weight excluding hydrogens is 270 g/mol. The first-order valence-electron chi connectivity index (χ1n) is 5.91. The topological polar surface area (TPSA) is 47.3 Å². The lowest BCUT2D eigenvalue weighted by Crippen LogP contribution is -2.31. The average Bonchev–Trinajstić information content (AvgIpc) is 2.33. The van der Waals surface area contributed by atoms with E-state index in [0.29, 0.717) is 6.61 Å². The molecular formula is C13H18F2N2OS. The second-order valence-electron chi connectivity index (χ2n) is 4.60. The Morgan fingerprint density at radius 3 is 2.47 bits per heavy atom. The third-order valence-electron chi connectivity index (χ3n) is 2.84. The zero-order valence-corrected chi connectivity index (χ0v) is 12.0. The van der Waals surface area contributed by atoms with Crippen LogP contribution < -0.4 is 11.1 Å². The van der Waals surface area contributed by atoms with Crippen LogP contribution in [0.25, 0.3) is 0 Å². The Bertz CT molecular complexity index is 466. The lowest BCUT2D eigenvalue weighted by atomic mass is 10.0. The number of nitrogens with one attached hydrogen (secondary N) is 1. The number of methoxy groups -OCH3 is 1.